The average Bonchev–Trinajstić information content (AvgIpc) is 3.23. The van der Waals surface area contributed by atoms with Crippen molar-refractivity contribution >= 4 is 28.6 Å². The molecule has 1 N–H and O–H groups in total. The van der Waals surface area contributed by atoms with Crippen LogP contribution in [-0.4, -0.2) is 56.6 Å². The zero-order valence-electron chi connectivity index (χ0n) is 16.8. The second kappa shape index (κ2) is 8.31. The highest BCUT2D eigenvalue weighted by Crippen LogP contribution is 2.25. The number of fused-ring (bicyclic) bond motifs is 1. The molecular weight excluding hydrogens is 418 g/mol. The molecule has 8 nitrogen and oxygen atoms in total. The lowest BCUT2D eigenvalue weighted by Gasteiger charge is -2.27. The number of carbonyl (C=O) groups excluding carboxylic acids is 1. The molecule has 0 unspecified atom stereocenters. The minimum absolute atomic E-state index is 0.208. The van der Waals surface area contributed by atoms with Crippen LogP contribution in [0.5, 0.6) is 0 Å². The van der Waals surface area contributed by atoms with Crippen LogP contribution in [0.15, 0.2) is 55.1 Å². The lowest BCUT2D eigenvalue weighted by molar-refractivity contribution is 0.0296. The van der Waals surface area contributed by atoms with E-state index in [2.05, 4.69) is 20.3 Å². The van der Waals surface area contributed by atoms with Crippen molar-refractivity contribution < 1.29 is 18.3 Å². The number of pyridine rings is 1. The summed E-state index contributed by atoms with van der Waals surface area (Å²) in [6.45, 7) is 1.28. The summed E-state index contributed by atoms with van der Waals surface area (Å²) in [6, 6.07) is 7.59. The Labute approximate surface area is 181 Å². The van der Waals surface area contributed by atoms with Gasteiger partial charge < -0.3 is 19.5 Å². The number of benzene rings is 1. The normalized spacial score (nSPS) is 14.0. The van der Waals surface area contributed by atoms with Gasteiger partial charge in [0.1, 0.15) is 22.8 Å². The molecule has 1 aliphatic heterocycles. The third-order valence-electron chi connectivity index (χ3n) is 5.16. The van der Waals surface area contributed by atoms with E-state index in [1.165, 1.54) is 4.90 Å². The molecule has 1 aromatic carbocycles. The van der Waals surface area contributed by atoms with Crippen molar-refractivity contribution in [2.75, 3.05) is 31.6 Å². The quantitative estimate of drug-likeness (QED) is 0.528. The summed E-state index contributed by atoms with van der Waals surface area (Å²) >= 11 is 0. The van der Waals surface area contributed by atoms with Gasteiger partial charge in [-0.2, -0.15) is 4.98 Å². The number of nitrogens with zero attached hydrogens (tertiary/aromatic N) is 5. The second-order valence-corrected chi connectivity index (χ2v) is 7.21. The highest BCUT2D eigenvalue weighted by Gasteiger charge is 2.26. The highest BCUT2D eigenvalue weighted by atomic mass is 19.1. The number of morpholine rings is 1. The van der Waals surface area contributed by atoms with E-state index in [1.807, 2.05) is 6.07 Å². The number of hydrogen-bond donors (Lipinski definition) is 1. The predicted molar refractivity (Wildman–Crippen MR) is 113 cm³/mol. The summed E-state index contributed by atoms with van der Waals surface area (Å²) in [5, 5.41) is 3.73. The largest absolute Gasteiger partial charge is 0.378 e. The molecule has 162 valence electrons. The average molecular weight is 436 g/mol. The molecule has 0 bridgehead atoms. The van der Waals surface area contributed by atoms with Crippen molar-refractivity contribution in [1.29, 1.82) is 0 Å². The zero-order valence-corrected chi connectivity index (χ0v) is 16.8. The summed E-state index contributed by atoms with van der Waals surface area (Å²) in [4.78, 5) is 26.8. The Morgan fingerprint density at radius 1 is 1.09 bits per heavy atom. The standard InChI is InChI=1S/C22H18F2N6O2/c23-17-10-16(11-18(24)19(17)21(31)29-6-8-32-9-7-29)30-5-3-14-12-26-22(28-20(14)30)27-15-2-1-4-25-13-15/h1-5,10-13H,6-9H2,(H,26,27,28). The molecule has 4 heterocycles. The molecule has 0 spiro atoms. The van der Waals surface area contributed by atoms with E-state index in [9.17, 15) is 13.6 Å². The van der Waals surface area contributed by atoms with Gasteiger partial charge in [0.05, 0.1) is 30.8 Å². The number of halogens is 2. The number of amides is 1. The van der Waals surface area contributed by atoms with Crippen LogP contribution in [0.25, 0.3) is 16.7 Å². The minimum atomic E-state index is -0.930. The maximum atomic E-state index is 14.9. The number of anilines is 2. The first-order valence-corrected chi connectivity index (χ1v) is 9.98. The number of nitrogens with one attached hydrogen (secondary N) is 1. The Morgan fingerprint density at radius 2 is 1.88 bits per heavy atom. The van der Waals surface area contributed by atoms with Crippen molar-refractivity contribution in [3.63, 3.8) is 0 Å². The van der Waals surface area contributed by atoms with Gasteiger partial charge in [0.15, 0.2) is 0 Å². The fourth-order valence-corrected chi connectivity index (χ4v) is 3.58. The van der Waals surface area contributed by atoms with E-state index < -0.39 is 23.1 Å². The molecule has 0 radical (unpaired) electrons. The van der Waals surface area contributed by atoms with E-state index in [0.717, 1.165) is 12.1 Å². The van der Waals surface area contributed by atoms with Crippen LogP contribution in [0.3, 0.4) is 0 Å². The lowest BCUT2D eigenvalue weighted by atomic mass is 10.1. The van der Waals surface area contributed by atoms with Gasteiger partial charge in [-0.3, -0.25) is 9.78 Å². The number of aromatic nitrogens is 4. The lowest BCUT2D eigenvalue weighted by Crippen LogP contribution is -2.41. The van der Waals surface area contributed by atoms with Crippen LogP contribution >= 0.6 is 0 Å². The van der Waals surface area contributed by atoms with Crippen LogP contribution in [0, 0.1) is 11.6 Å². The van der Waals surface area contributed by atoms with Crippen LogP contribution in [-0.2, 0) is 4.74 Å². The van der Waals surface area contributed by atoms with Crippen molar-refractivity contribution in [2.45, 2.75) is 0 Å². The van der Waals surface area contributed by atoms with Crippen molar-refractivity contribution in [3.8, 4) is 5.69 Å². The van der Waals surface area contributed by atoms with Gasteiger partial charge in [0.25, 0.3) is 5.91 Å². The fourth-order valence-electron chi connectivity index (χ4n) is 3.58. The van der Waals surface area contributed by atoms with Gasteiger partial charge in [0.2, 0.25) is 5.95 Å². The van der Waals surface area contributed by atoms with Crippen molar-refractivity contribution in [2.24, 2.45) is 0 Å². The molecule has 1 amide bonds. The zero-order chi connectivity index (χ0) is 22.1. The molecule has 0 aliphatic carbocycles. The molecule has 1 fully saturated rings. The summed E-state index contributed by atoms with van der Waals surface area (Å²) in [5.74, 6) is -2.23. The Bertz CT molecular complexity index is 1270. The summed E-state index contributed by atoms with van der Waals surface area (Å²) in [6.07, 6.45) is 6.53. The van der Waals surface area contributed by atoms with E-state index in [-0.39, 0.29) is 5.69 Å². The number of hydrogen-bond acceptors (Lipinski definition) is 6. The van der Waals surface area contributed by atoms with Crippen LogP contribution < -0.4 is 5.32 Å². The molecule has 4 aromatic rings. The third kappa shape index (κ3) is 3.76. The number of carbonyl (C=O) groups is 1. The first kappa shape index (κ1) is 20.0. The van der Waals surface area contributed by atoms with E-state index in [4.69, 9.17) is 4.74 Å². The molecule has 5 rings (SSSR count). The summed E-state index contributed by atoms with van der Waals surface area (Å²) in [7, 11) is 0. The van der Waals surface area contributed by atoms with Crippen LogP contribution in [0.2, 0.25) is 0 Å². The Hall–Kier alpha value is -3.92. The molecule has 3 aromatic heterocycles. The molecule has 1 saturated heterocycles. The molecular formula is C22H18F2N6O2. The predicted octanol–water partition coefficient (Wildman–Crippen LogP) is 3.31. The summed E-state index contributed by atoms with van der Waals surface area (Å²) in [5.41, 5.74) is 0.797. The minimum Gasteiger partial charge on any atom is -0.378 e. The molecule has 0 atom stereocenters. The van der Waals surface area contributed by atoms with Gasteiger partial charge in [-0.15, -0.1) is 0 Å². The van der Waals surface area contributed by atoms with Gasteiger partial charge in [0, 0.05) is 37.1 Å². The van der Waals surface area contributed by atoms with Gasteiger partial charge in [-0.05, 0) is 30.3 Å². The van der Waals surface area contributed by atoms with E-state index >= 15 is 0 Å². The third-order valence-corrected chi connectivity index (χ3v) is 5.16. The van der Waals surface area contributed by atoms with Gasteiger partial charge in [-0.25, -0.2) is 13.8 Å². The Balaban J connectivity index is 1.49. The maximum absolute atomic E-state index is 14.9. The monoisotopic (exact) mass is 436 g/mol. The van der Waals surface area contributed by atoms with E-state index in [0.29, 0.717) is 49.0 Å². The number of ether oxygens (including phenoxy) is 1. The van der Waals surface area contributed by atoms with Crippen molar-refractivity contribution in [3.05, 3.63) is 72.3 Å². The number of rotatable bonds is 4. The molecule has 10 heteroatoms. The maximum Gasteiger partial charge on any atom is 0.259 e. The smallest absolute Gasteiger partial charge is 0.259 e. The first-order valence-electron chi connectivity index (χ1n) is 9.98. The van der Waals surface area contributed by atoms with E-state index in [1.54, 1.807) is 41.5 Å². The first-order chi connectivity index (χ1) is 15.6. The molecule has 32 heavy (non-hydrogen) atoms. The highest BCUT2D eigenvalue weighted by molar-refractivity contribution is 5.95. The Kier molecular flexibility index (Phi) is 5.20. The molecule has 1 aliphatic rings. The Morgan fingerprint density at radius 3 is 2.59 bits per heavy atom. The fraction of sp³-hybridized carbons (Fsp3) is 0.182. The van der Waals surface area contributed by atoms with Gasteiger partial charge >= 0.3 is 0 Å². The summed E-state index contributed by atoms with van der Waals surface area (Å²) < 4.78 is 36.5. The molecule has 0 saturated carbocycles. The second-order valence-electron chi connectivity index (χ2n) is 7.21. The van der Waals surface area contributed by atoms with Crippen LogP contribution in [0.1, 0.15) is 10.4 Å². The topological polar surface area (TPSA) is 85.2 Å². The van der Waals surface area contributed by atoms with Crippen LogP contribution in [0.4, 0.5) is 20.4 Å². The SMILES string of the molecule is O=C(c1c(F)cc(-n2ccc3cnc(Nc4cccnc4)nc32)cc1F)N1CCOCC1. The van der Waals surface area contributed by atoms with Gasteiger partial charge in [-0.1, -0.05) is 0 Å². The van der Waals surface area contributed by atoms with Crippen molar-refractivity contribution in [1.82, 2.24) is 24.4 Å².